The highest BCUT2D eigenvalue weighted by molar-refractivity contribution is 7.89. The van der Waals surface area contributed by atoms with Crippen molar-refractivity contribution in [1.29, 1.82) is 0 Å². The van der Waals surface area contributed by atoms with Gasteiger partial charge in [-0.15, -0.1) is 0 Å². The van der Waals surface area contributed by atoms with Gasteiger partial charge in [0.05, 0.1) is 24.0 Å². The first-order chi connectivity index (χ1) is 10.7. The van der Waals surface area contributed by atoms with Gasteiger partial charge in [-0.1, -0.05) is 12.1 Å². The number of benzene rings is 1. The number of methoxy groups -OCH3 is 1. The lowest BCUT2D eigenvalue weighted by Gasteiger charge is -2.31. The molecule has 1 aliphatic heterocycles. The Morgan fingerprint density at radius 1 is 1.30 bits per heavy atom. The number of rotatable bonds is 4. The first-order valence-corrected chi connectivity index (χ1v) is 8.73. The number of carbonyl (C=O) groups excluding carboxylic acids is 2. The first kappa shape index (κ1) is 17.4. The fourth-order valence-electron chi connectivity index (χ4n) is 2.97. The Bertz CT molecular complexity index is 712. The molecule has 0 aromatic heterocycles. The molecule has 8 heteroatoms. The fraction of sp³-hybridized carbons (Fsp3) is 0.467. The summed E-state index contributed by atoms with van der Waals surface area (Å²) in [4.78, 5) is 25.9. The maximum Gasteiger partial charge on any atom is 0.311 e. The van der Waals surface area contributed by atoms with Crippen LogP contribution in [-0.2, 0) is 24.3 Å². The molecule has 0 spiro atoms. The standard InChI is InChI=1S/C15H20N2O5S/c1-9(2)17-13(18)8-12(15(19)22-3)14(17)10-4-6-11(7-5-10)23(16,20)21/h4-7,9,12,14H,8H2,1-3H3,(H2,16,20,21)/t12-,14+/m1/s1. The van der Waals surface area contributed by atoms with Gasteiger partial charge in [0.15, 0.2) is 0 Å². The molecule has 1 fully saturated rings. The van der Waals surface area contributed by atoms with Crippen LogP contribution in [0.3, 0.4) is 0 Å². The van der Waals surface area contributed by atoms with Gasteiger partial charge in [-0.2, -0.15) is 0 Å². The fourth-order valence-corrected chi connectivity index (χ4v) is 3.49. The van der Waals surface area contributed by atoms with Crippen LogP contribution in [0, 0.1) is 5.92 Å². The summed E-state index contributed by atoms with van der Waals surface area (Å²) in [6.45, 7) is 3.73. The summed E-state index contributed by atoms with van der Waals surface area (Å²) in [5.41, 5.74) is 0.673. The third-order valence-electron chi connectivity index (χ3n) is 3.97. The van der Waals surface area contributed by atoms with E-state index in [-0.39, 0.29) is 23.3 Å². The van der Waals surface area contributed by atoms with Crippen molar-refractivity contribution in [3.8, 4) is 0 Å². The first-order valence-electron chi connectivity index (χ1n) is 7.18. The second-order valence-corrected chi connectivity index (χ2v) is 7.35. The SMILES string of the molecule is COC(=O)[C@@H]1CC(=O)N(C(C)C)[C@H]1c1ccc(S(N)(=O)=O)cc1. The third-order valence-corrected chi connectivity index (χ3v) is 4.90. The lowest BCUT2D eigenvalue weighted by atomic mass is 9.93. The number of ether oxygens (including phenoxy) is 1. The van der Waals surface area contributed by atoms with Gasteiger partial charge < -0.3 is 9.64 Å². The number of primary sulfonamides is 1. The minimum absolute atomic E-state index is 0.0173. The van der Waals surface area contributed by atoms with E-state index in [0.29, 0.717) is 5.56 Å². The van der Waals surface area contributed by atoms with E-state index in [1.54, 1.807) is 17.0 Å². The highest BCUT2D eigenvalue weighted by Gasteiger charge is 2.46. The summed E-state index contributed by atoms with van der Waals surface area (Å²) in [6, 6.07) is 5.33. The van der Waals surface area contributed by atoms with Gasteiger partial charge in [0.25, 0.3) is 0 Å². The van der Waals surface area contributed by atoms with Crippen LogP contribution in [0.25, 0.3) is 0 Å². The average Bonchev–Trinajstić information content (AvgIpc) is 2.83. The van der Waals surface area contributed by atoms with Gasteiger partial charge in [-0.3, -0.25) is 9.59 Å². The number of hydrogen-bond donors (Lipinski definition) is 1. The lowest BCUT2D eigenvalue weighted by Crippen LogP contribution is -2.36. The van der Waals surface area contributed by atoms with E-state index in [9.17, 15) is 18.0 Å². The molecule has 126 valence electrons. The largest absolute Gasteiger partial charge is 0.469 e. The van der Waals surface area contributed by atoms with Crippen molar-refractivity contribution in [2.24, 2.45) is 11.1 Å². The summed E-state index contributed by atoms with van der Waals surface area (Å²) < 4.78 is 27.5. The van der Waals surface area contributed by atoms with Crippen LogP contribution >= 0.6 is 0 Å². The second-order valence-electron chi connectivity index (χ2n) is 5.79. The van der Waals surface area contributed by atoms with Gasteiger partial charge in [-0.25, -0.2) is 13.6 Å². The van der Waals surface area contributed by atoms with Gasteiger partial charge >= 0.3 is 5.97 Å². The summed E-state index contributed by atoms with van der Waals surface area (Å²) in [6.07, 6.45) is 0.0759. The Morgan fingerprint density at radius 3 is 2.30 bits per heavy atom. The molecule has 1 aliphatic rings. The number of carbonyl (C=O) groups is 2. The molecule has 2 N–H and O–H groups in total. The molecule has 1 aromatic carbocycles. The number of sulfonamides is 1. The van der Waals surface area contributed by atoms with E-state index in [1.165, 1.54) is 19.2 Å². The van der Waals surface area contributed by atoms with E-state index in [4.69, 9.17) is 9.88 Å². The highest BCUT2D eigenvalue weighted by Crippen LogP contribution is 2.40. The maximum absolute atomic E-state index is 12.3. The molecule has 0 unspecified atom stereocenters. The minimum atomic E-state index is -3.79. The third kappa shape index (κ3) is 3.37. The Morgan fingerprint density at radius 2 is 1.87 bits per heavy atom. The van der Waals surface area contributed by atoms with Crippen LogP contribution in [0.2, 0.25) is 0 Å². The monoisotopic (exact) mass is 340 g/mol. The van der Waals surface area contributed by atoms with E-state index in [2.05, 4.69) is 0 Å². The van der Waals surface area contributed by atoms with Crippen LogP contribution in [0.4, 0.5) is 0 Å². The predicted octanol–water partition coefficient (Wildman–Crippen LogP) is 0.805. The predicted molar refractivity (Wildman–Crippen MR) is 82.7 cm³/mol. The van der Waals surface area contributed by atoms with Crippen molar-refractivity contribution in [3.05, 3.63) is 29.8 Å². The van der Waals surface area contributed by atoms with E-state index < -0.39 is 28.0 Å². The maximum atomic E-state index is 12.3. The van der Waals surface area contributed by atoms with Gasteiger partial charge in [0.1, 0.15) is 0 Å². The number of nitrogens with zero attached hydrogens (tertiary/aromatic N) is 1. The zero-order valence-corrected chi connectivity index (χ0v) is 14.0. The molecule has 1 amide bonds. The molecule has 7 nitrogen and oxygen atoms in total. The van der Waals surface area contributed by atoms with Crippen LogP contribution in [0.15, 0.2) is 29.2 Å². The Labute approximate surface area is 135 Å². The molecule has 2 atom stereocenters. The van der Waals surface area contributed by atoms with Crippen molar-refractivity contribution in [2.45, 2.75) is 37.2 Å². The lowest BCUT2D eigenvalue weighted by molar-refractivity contribution is -0.146. The molecular formula is C15H20N2O5S. The van der Waals surface area contributed by atoms with Crippen LogP contribution in [0.1, 0.15) is 31.9 Å². The zero-order valence-electron chi connectivity index (χ0n) is 13.2. The molecule has 1 heterocycles. The van der Waals surface area contributed by atoms with E-state index in [1.807, 2.05) is 13.8 Å². The van der Waals surface area contributed by atoms with E-state index >= 15 is 0 Å². The van der Waals surface area contributed by atoms with Crippen molar-refractivity contribution in [1.82, 2.24) is 4.90 Å². The molecule has 0 radical (unpaired) electrons. The Hall–Kier alpha value is -1.93. The topological polar surface area (TPSA) is 107 Å². The number of esters is 1. The smallest absolute Gasteiger partial charge is 0.311 e. The van der Waals surface area contributed by atoms with Crippen molar-refractivity contribution in [3.63, 3.8) is 0 Å². The zero-order chi connectivity index (χ0) is 17.4. The minimum Gasteiger partial charge on any atom is -0.469 e. The quantitative estimate of drug-likeness (QED) is 0.816. The Kier molecular flexibility index (Phi) is 4.76. The molecular weight excluding hydrogens is 320 g/mol. The normalized spacial score (nSPS) is 21.8. The average molecular weight is 340 g/mol. The molecule has 23 heavy (non-hydrogen) atoms. The van der Waals surface area contributed by atoms with Crippen molar-refractivity contribution in [2.75, 3.05) is 7.11 Å². The van der Waals surface area contributed by atoms with Crippen LogP contribution in [0.5, 0.6) is 0 Å². The summed E-state index contributed by atoms with van der Waals surface area (Å²) >= 11 is 0. The number of hydrogen-bond acceptors (Lipinski definition) is 5. The molecule has 1 aromatic rings. The number of amides is 1. The molecule has 0 aliphatic carbocycles. The second kappa shape index (κ2) is 6.29. The summed E-state index contributed by atoms with van der Waals surface area (Å²) in [7, 11) is -2.51. The molecule has 0 bridgehead atoms. The van der Waals surface area contributed by atoms with Crippen LogP contribution in [-0.4, -0.2) is 38.3 Å². The summed E-state index contributed by atoms with van der Waals surface area (Å²) in [5, 5.41) is 5.09. The Balaban J connectivity index is 2.46. The molecule has 2 rings (SSSR count). The molecule has 0 saturated carbocycles. The van der Waals surface area contributed by atoms with Crippen LogP contribution < -0.4 is 5.14 Å². The highest BCUT2D eigenvalue weighted by atomic mass is 32.2. The van der Waals surface area contributed by atoms with Gasteiger partial charge in [-0.05, 0) is 31.5 Å². The number of likely N-dealkylation sites (tertiary alicyclic amines) is 1. The van der Waals surface area contributed by atoms with Gasteiger partial charge in [0, 0.05) is 12.5 Å². The van der Waals surface area contributed by atoms with E-state index in [0.717, 1.165) is 0 Å². The summed E-state index contributed by atoms with van der Waals surface area (Å²) in [5.74, 6) is -1.20. The molecule has 1 saturated heterocycles. The van der Waals surface area contributed by atoms with Gasteiger partial charge in [0.2, 0.25) is 15.9 Å². The van der Waals surface area contributed by atoms with Crippen molar-refractivity contribution < 1.29 is 22.7 Å². The number of nitrogens with two attached hydrogens (primary N) is 1. The van der Waals surface area contributed by atoms with Crippen molar-refractivity contribution >= 4 is 21.9 Å².